The lowest BCUT2D eigenvalue weighted by Gasteiger charge is -2.35. The van der Waals surface area contributed by atoms with Gasteiger partial charge in [-0.05, 0) is 25.5 Å². The van der Waals surface area contributed by atoms with E-state index in [1.807, 2.05) is 41.3 Å². The Labute approximate surface area is 231 Å². The number of β-amino-alcohol motifs (C(OH)–C–C–N with tert-alkyl or cyclic N) is 1. The van der Waals surface area contributed by atoms with Crippen LogP contribution in [0.15, 0.2) is 42.5 Å². The first kappa shape index (κ1) is 29.5. The first-order valence-corrected chi connectivity index (χ1v) is 14.9. The highest BCUT2D eigenvalue weighted by atomic mass is 31.2. The largest absolute Gasteiger partial charge is 0.465 e. The maximum Gasteiger partial charge on any atom is 0.407 e. The van der Waals surface area contributed by atoms with Crippen LogP contribution >= 0.6 is 7.60 Å². The van der Waals surface area contributed by atoms with Crippen LogP contribution in [0.1, 0.15) is 23.8 Å². The van der Waals surface area contributed by atoms with Crippen LogP contribution in [0.25, 0.3) is 11.3 Å². The summed E-state index contributed by atoms with van der Waals surface area (Å²) in [6.07, 6.45) is -1.67. The minimum absolute atomic E-state index is 0.00424. The molecule has 0 bridgehead atoms. The number of nitrogens with zero attached hydrogens (tertiary/aromatic N) is 4. The maximum absolute atomic E-state index is 13.5. The highest BCUT2D eigenvalue weighted by Crippen LogP contribution is 2.42. The molecule has 216 valence electrons. The van der Waals surface area contributed by atoms with Crippen LogP contribution in [0.2, 0.25) is 0 Å². The Morgan fingerprint density at radius 3 is 2.38 bits per heavy atom. The van der Waals surface area contributed by atoms with Gasteiger partial charge in [-0.1, -0.05) is 30.3 Å². The second-order valence-corrected chi connectivity index (χ2v) is 11.6. The first-order valence-electron chi connectivity index (χ1n) is 13.1. The van der Waals surface area contributed by atoms with E-state index in [2.05, 4.69) is 10.3 Å². The molecule has 14 heteroatoms. The zero-order valence-electron chi connectivity index (χ0n) is 22.2. The lowest BCUT2D eigenvalue weighted by Crippen LogP contribution is -2.56. The Hall–Kier alpha value is -3.51. The van der Waals surface area contributed by atoms with Crippen molar-refractivity contribution in [3.63, 3.8) is 0 Å². The fourth-order valence-corrected chi connectivity index (χ4v) is 6.01. The zero-order valence-corrected chi connectivity index (χ0v) is 23.1. The van der Waals surface area contributed by atoms with Gasteiger partial charge in [-0.2, -0.15) is 0 Å². The number of pyridine rings is 1. The van der Waals surface area contributed by atoms with E-state index in [1.54, 1.807) is 13.0 Å². The molecule has 13 nitrogen and oxygen atoms in total. The average Bonchev–Trinajstić information content (AvgIpc) is 3.38. The highest BCUT2D eigenvalue weighted by molar-refractivity contribution is 7.52. The topological polar surface area (TPSA) is 173 Å². The first-order chi connectivity index (χ1) is 19.1. The minimum Gasteiger partial charge on any atom is -0.465 e. The Balaban J connectivity index is 1.61. The number of aliphatic hydroxyl groups excluding tert-OH is 1. The van der Waals surface area contributed by atoms with Crippen molar-refractivity contribution in [2.24, 2.45) is 0 Å². The number of anilines is 1. The minimum atomic E-state index is -4.24. The van der Waals surface area contributed by atoms with Gasteiger partial charge in [0.05, 0.1) is 24.6 Å². The lowest BCUT2D eigenvalue weighted by atomic mass is 10.1. The molecular formula is C26H34N5O8P. The molecule has 1 unspecified atom stereocenters. The van der Waals surface area contributed by atoms with E-state index in [9.17, 15) is 34.1 Å². The molecule has 0 saturated carbocycles. The van der Waals surface area contributed by atoms with Gasteiger partial charge in [0.25, 0.3) is 5.91 Å². The molecule has 0 radical (unpaired) electrons. The molecule has 2 saturated heterocycles. The number of aliphatic hydroxyl groups is 1. The fourth-order valence-electron chi connectivity index (χ4n) is 4.79. The van der Waals surface area contributed by atoms with Gasteiger partial charge in [0.2, 0.25) is 5.91 Å². The fraction of sp³-hybridized carbons (Fsp3) is 0.462. The summed E-state index contributed by atoms with van der Waals surface area (Å²) < 4.78 is 17.6. The second kappa shape index (κ2) is 12.8. The Bertz CT molecular complexity index is 1270. The number of rotatable bonds is 9. The predicted octanol–water partition coefficient (Wildman–Crippen LogP) is 1.46. The van der Waals surface area contributed by atoms with Crippen molar-refractivity contribution >= 4 is 31.2 Å². The van der Waals surface area contributed by atoms with Crippen LogP contribution in [0.4, 0.5) is 10.5 Å². The standard InChI is InChI=1S/C26H34N5O8P/c1-2-39-40(37,38)17-23(25(34)29-10-12-30(13-11-29)26(35)36)28-24(33)22-15-19(31-9-8-20(32)16-31)14-21(27-22)18-6-4-3-5-7-18/h3-7,14-15,20,23,32H,2,8-13,16-17H2,1H3,(H,28,33)(H,35,36)(H,37,38)/t20-,23+/m1/s1. The van der Waals surface area contributed by atoms with Gasteiger partial charge in [-0.3, -0.25) is 14.2 Å². The van der Waals surface area contributed by atoms with Crippen LogP contribution in [0.5, 0.6) is 0 Å². The molecule has 1 aromatic heterocycles. The molecule has 3 amide bonds. The Morgan fingerprint density at radius 1 is 1.10 bits per heavy atom. The van der Waals surface area contributed by atoms with Crippen molar-refractivity contribution in [1.82, 2.24) is 20.1 Å². The van der Waals surface area contributed by atoms with Crippen molar-refractivity contribution in [2.75, 3.05) is 56.9 Å². The van der Waals surface area contributed by atoms with Crippen LogP contribution in [0, 0.1) is 0 Å². The van der Waals surface area contributed by atoms with Gasteiger partial charge < -0.3 is 39.6 Å². The van der Waals surface area contributed by atoms with Gasteiger partial charge in [0.15, 0.2) is 0 Å². The molecule has 0 aliphatic carbocycles. The van der Waals surface area contributed by atoms with Crippen LogP contribution in [-0.4, -0.2) is 112 Å². The zero-order chi connectivity index (χ0) is 28.9. The number of piperazine rings is 1. The summed E-state index contributed by atoms with van der Waals surface area (Å²) in [6, 6.07) is 11.2. The number of hydrogen-bond acceptors (Lipinski definition) is 8. The van der Waals surface area contributed by atoms with E-state index in [0.29, 0.717) is 30.9 Å². The molecule has 2 aromatic rings. The van der Waals surface area contributed by atoms with E-state index in [0.717, 1.165) is 5.56 Å². The highest BCUT2D eigenvalue weighted by Gasteiger charge is 2.36. The number of amides is 3. The van der Waals surface area contributed by atoms with Gasteiger partial charge in [0, 0.05) is 50.5 Å². The number of aromatic nitrogens is 1. The Kier molecular flexibility index (Phi) is 9.41. The molecule has 2 aliphatic heterocycles. The van der Waals surface area contributed by atoms with E-state index < -0.39 is 43.8 Å². The molecule has 40 heavy (non-hydrogen) atoms. The molecular weight excluding hydrogens is 541 g/mol. The third kappa shape index (κ3) is 7.36. The second-order valence-electron chi connectivity index (χ2n) is 9.71. The van der Waals surface area contributed by atoms with Crippen molar-refractivity contribution < 1.29 is 38.6 Å². The maximum atomic E-state index is 13.5. The van der Waals surface area contributed by atoms with Gasteiger partial charge in [0.1, 0.15) is 11.7 Å². The summed E-state index contributed by atoms with van der Waals surface area (Å²) in [4.78, 5) is 57.5. The number of benzene rings is 1. The molecule has 2 fully saturated rings. The monoisotopic (exact) mass is 575 g/mol. The van der Waals surface area contributed by atoms with Crippen molar-refractivity contribution in [1.29, 1.82) is 0 Å². The van der Waals surface area contributed by atoms with E-state index >= 15 is 0 Å². The van der Waals surface area contributed by atoms with Gasteiger partial charge in [-0.25, -0.2) is 9.78 Å². The summed E-state index contributed by atoms with van der Waals surface area (Å²) in [6.45, 7) is 2.77. The average molecular weight is 576 g/mol. The SMILES string of the molecule is CCOP(=O)(O)C[C@H](NC(=O)c1cc(N2CC[C@@H](O)C2)cc(-c2ccccc2)n1)C(=O)N1CCN(C(=O)O)CC1. The van der Waals surface area contributed by atoms with Crippen molar-refractivity contribution in [3.05, 3.63) is 48.2 Å². The number of carbonyl (C=O) groups is 3. The smallest absolute Gasteiger partial charge is 0.407 e. The van der Waals surface area contributed by atoms with E-state index in [1.165, 1.54) is 9.80 Å². The summed E-state index contributed by atoms with van der Waals surface area (Å²) in [5.74, 6) is -1.34. The predicted molar refractivity (Wildman–Crippen MR) is 146 cm³/mol. The number of nitrogens with one attached hydrogen (secondary N) is 1. The molecule has 0 spiro atoms. The Morgan fingerprint density at radius 2 is 1.77 bits per heavy atom. The third-order valence-corrected chi connectivity index (χ3v) is 8.34. The van der Waals surface area contributed by atoms with Crippen LogP contribution < -0.4 is 10.2 Å². The quantitative estimate of drug-likeness (QED) is 0.321. The molecule has 3 heterocycles. The van der Waals surface area contributed by atoms with Crippen molar-refractivity contribution in [3.8, 4) is 11.3 Å². The van der Waals surface area contributed by atoms with E-state index in [-0.39, 0.29) is 38.5 Å². The molecule has 4 N–H and O–H groups in total. The van der Waals surface area contributed by atoms with Crippen LogP contribution in [-0.2, 0) is 13.9 Å². The molecule has 4 rings (SSSR count). The summed E-state index contributed by atoms with van der Waals surface area (Å²) in [7, 11) is -4.24. The summed E-state index contributed by atoms with van der Waals surface area (Å²) in [5.41, 5.74) is 1.94. The third-order valence-electron chi connectivity index (χ3n) is 6.85. The summed E-state index contributed by atoms with van der Waals surface area (Å²) >= 11 is 0. The summed E-state index contributed by atoms with van der Waals surface area (Å²) in [5, 5.41) is 21.8. The number of hydrogen-bond donors (Lipinski definition) is 4. The number of carbonyl (C=O) groups excluding carboxylic acids is 2. The van der Waals surface area contributed by atoms with Crippen molar-refractivity contribution in [2.45, 2.75) is 25.5 Å². The van der Waals surface area contributed by atoms with Crippen LogP contribution in [0.3, 0.4) is 0 Å². The lowest BCUT2D eigenvalue weighted by molar-refractivity contribution is -0.134. The molecule has 1 aromatic carbocycles. The van der Waals surface area contributed by atoms with Gasteiger partial charge in [-0.15, -0.1) is 0 Å². The molecule has 2 aliphatic rings. The molecule has 3 atom stereocenters. The van der Waals surface area contributed by atoms with Gasteiger partial charge >= 0.3 is 13.7 Å². The van der Waals surface area contributed by atoms with E-state index in [4.69, 9.17) is 4.52 Å². The number of carboxylic acid groups (broad SMARTS) is 1. The normalized spacial score (nSPS) is 19.7.